The fourth-order valence-corrected chi connectivity index (χ4v) is 4.45. The van der Waals surface area contributed by atoms with E-state index in [2.05, 4.69) is 22.4 Å². The second-order valence-corrected chi connectivity index (χ2v) is 7.77. The molecule has 0 bridgehead atoms. The molecule has 1 aliphatic rings. The number of fused-ring (bicyclic) bond motifs is 3. The quantitative estimate of drug-likeness (QED) is 0.698. The van der Waals surface area contributed by atoms with Crippen LogP contribution in [-0.2, 0) is 17.7 Å². The molecule has 1 aromatic carbocycles. The summed E-state index contributed by atoms with van der Waals surface area (Å²) in [6.45, 7) is 4.55. The highest BCUT2D eigenvalue weighted by Gasteiger charge is 2.27. The largest absolute Gasteiger partial charge is 0.383 e. The van der Waals surface area contributed by atoms with Gasteiger partial charge in [0.25, 0.3) is 11.5 Å². The van der Waals surface area contributed by atoms with Gasteiger partial charge in [-0.1, -0.05) is 18.2 Å². The number of hydrogen-bond donors (Lipinski definition) is 2. The van der Waals surface area contributed by atoms with Crippen LogP contribution in [0.2, 0.25) is 0 Å². The predicted molar refractivity (Wildman–Crippen MR) is 113 cm³/mol. The highest BCUT2D eigenvalue weighted by molar-refractivity contribution is 5.96. The van der Waals surface area contributed by atoms with Gasteiger partial charge in [-0.15, -0.1) is 0 Å². The number of rotatable bonds is 5. The predicted octanol–water partition coefficient (Wildman–Crippen LogP) is 3.40. The van der Waals surface area contributed by atoms with Crippen molar-refractivity contribution in [3.8, 4) is 0 Å². The number of aromatic amines is 1. The Bertz CT molecular complexity index is 1130. The zero-order valence-electron chi connectivity index (χ0n) is 17.2. The van der Waals surface area contributed by atoms with E-state index >= 15 is 0 Å². The third-order valence-corrected chi connectivity index (χ3v) is 5.87. The second kappa shape index (κ2) is 7.87. The summed E-state index contributed by atoms with van der Waals surface area (Å²) in [5.74, 6) is -0.310. The first kappa shape index (κ1) is 19.5. The van der Waals surface area contributed by atoms with Crippen molar-refractivity contribution in [3.63, 3.8) is 0 Å². The van der Waals surface area contributed by atoms with E-state index in [1.54, 1.807) is 11.7 Å². The molecule has 0 spiro atoms. The number of ether oxygens (including phenoxy) is 1. The van der Waals surface area contributed by atoms with Gasteiger partial charge in [0.05, 0.1) is 12.6 Å². The molecule has 4 rings (SSSR count). The first-order valence-corrected chi connectivity index (χ1v) is 10.1. The monoisotopic (exact) mass is 393 g/mol. The van der Waals surface area contributed by atoms with Gasteiger partial charge in [-0.25, -0.2) is 0 Å². The SMILES string of the molecule is COCCn1c(C)cc(C)c(C(=O)N[C@H]2CCCc3c2[nH]c2ccccc32)c1=O. The minimum atomic E-state index is -0.310. The molecule has 0 aliphatic heterocycles. The number of carbonyl (C=O) groups excluding carboxylic acids is 1. The third kappa shape index (κ3) is 3.49. The van der Waals surface area contributed by atoms with E-state index in [1.807, 2.05) is 32.0 Å². The Kier molecular flexibility index (Phi) is 5.28. The molecule has 0 saturated heterocycles. The van der Waals surface area contributed by atoms with Gasteiger partial charge in [0.1, 0.15) is 5.56 Å². The molecule has 29 heavy (non-hydrogen) atoms. The molecule has 6 heteroatoms. The van der Waals surface area contributed by atoms with Crippen molar-refractivity contribution >= 4 is 16.8 Å². The highest BCUT2D eigenvalue weighted by Crippen LogP contribution is 2.34. The fourth-order valence-electron chi connectivity index (χ4n) is 4.45. The third-order valence-electron chi connectivity index (χ3n) is 5.87. The van der Waals surface area contributed by atoms with E-state index in [-0.39, 0.29) is 23.1 Å². The van der Waals surface area contributed by atoms with Gasteiger partial charge in [-0.3, -0.25) is 9.59 Å². The molecule has 1 amide bonds. The van der Waals surface area contributed by atoms with Crippen molar-refractivity contribution < 1.29 is 9.53 Å². The van der Waals surface area contributed by atoms with Gasteiger partial charge in [0.2, 0.25) is 0 Å². The zero-order valence-corrected chi connectivity index (χ0v) is 17.2. The van der Waals surface area contributed by atoms with Crippen LogP contribution in [0.4, 0.5) is 0 Å². The Hall–Kier alpha value is -2.86. The molecular weight excluding hydrogens is 366 g/mol. The highest BCUT2D eigenvalue weighted by atomic mass is 16.5. The van der Waals surface area contributed by atoms with E-state index in [0.29, 0.717) is 18.7 Å². The van der Waals surface area contributed by atoms with Crippen molar-refractivity contribution in [2.24, 2.45) is 0 Å². The maximum Gasteiger partial charge on any atom is 0.263 e. The molecule has 0 unspecified atom stereocenters. The maximum absolute atomic E-state index is 13.1. The lowest BCUT2D eigenvalue weighted by molar-refractivity contribution is 0.0928. The maximum atomic E-state index is 13.1. The molecule has 2 heterocycles. The number of H-pyrrole nitrogens is 1. The summed E-state index contributed by atoms with van der Waals surface area (Å²) < 4.78 is 6.72. The summed E-state index contributed by atoms with van der Waals surface area (Å²) >= 11 is 0. The van der Waals surface area contributed by atoms with Gasteiger partial charge in [-0.2, -0.15) is 0 Å². The standard InChI is InChI=1S/C23H27N3O3/c1-14-13-15(2)26(11-12-29-3)23(28)20(14)22(27)25-19-10-6-8-17-16-7-4-5-9-18(16)24-21(17)19/h4-5,7,9,13,19,24H,6,8,10-12H2,1-3H3,(H,25,27)/t19-/m0/s1. The molecule has 2 N–H and O–H groups in total. The van der Waals surface area contributed by atoms with E-state index < -0.39 is 0 Å². The van der Waals surface area contributed by atoms with Crippen LogP contribution < -0.4 is 10.9 Å². The number of pyridine rings is 1. The van der Waals surface area contributed by atoms with Crippen molar-refractivity contribution in [1.82, 2.24) is 14.9 Å². The molecule has 3 aromatic rings. The number of amides is 1. The van der Waals surface area contributed by atoms with Gasteiger partial charge in [-0.05, 0) is 56.4 Å². The van der Waals surface area contributed by atoms with Crippen molar-refractivity contribution in [2.75, 3.05) is 13.7 Å². The van der Waals surface area contributed by atoms with Crippen molar-refractivity contribution in [1.29, 1.82) is 0 Å². The summed E-state index contributed by atoms with van der Waals surface area (Å²) in [5, 5.41) is 4.34. The first-order valence-electron chi connectivity index (χ1n) is 10.1. The van der Waals surface area contributed by atoms with Gasteiger partial charge >= 0.3 is 0 Å². The minimum Gasteiger partial charge on any atom is -0.383 e. The van der Waals surface area contributed by atoms with E-state index in [1.165, 1.54) is 10.9 Å². The first-order chi connectivity index (χ1) is 14.0. The van der Waals surface area contributed by atoms with E-state index in [0.717, 1.165) is 36.2 Å². The molecule has 152 valence electrons. The van der Waals surface area contributed by atoms with Crippen LogP contribution in [0, 0.1) is 13.8 Å². The molecule has 0 radical (unpaired) electrons. The minimum absolute atomic E-state index is 0.119. The number of benzene rings is 1. The number of methoxy groups -OCH3 is 1. The number of hydrogen-bond acceptors (Lipinski definition) is 3. The lowest BCUT2D eigenvalue weighted by Crippen LogP contribution is -2.38. The lowest BCUT2D eigenvalue weighted by Gasteiger charge is -2.24. The van der Waals surface area contributed by atoms with Crippen LogP contribution in [-0.4, -0.2) is 29.2 Å². The average molecular weight is 393 g/mol. The molecular formula is C23H27N3O3. The van der Waals surface area contributed by atoms with Crippen LogP contribution in [0.15, 0.2) is 35.1 Å². The number of para-hydroxylation sites is 1. The Morgan fingerprint density at radius 3 is 2.90 bits per heavy atom. The van der Waals surface area contributed by atoms with Gasteiger partial charge in [0.15, 0.2) is 0 Å². The number of aromatic nitrogens is 2. The van der Waals surface area contributed by atoms with Crippen LogP contribution in [0.25, 0.3) is 10.9 Å². The lowest BCUT2D eigenvalue weighted by atomic mass is 9.91. The normalized spacial score (nSPS) is 16.0. The van der Waals surface area contributed by atoms with E-state index in [9.17, 15) is 9.59 Å². The summed E-state index contributed by atoms with van der Waals surface area (Å²) in [4.78, 5) is 29.7. The second-order valence-electron chi connectivity index (χ2n) is 7.77. The van der Waals surface area contributed by atoms with Crippen molar-refractivity contribution in [2.45, 2.75) is 45.7 Å². The Balaban J connectivity index is 1.67. The molecule has 2 aromatic heterocycles. The Morgan fingerprint density at radius 2 is 2.10 bits per heavy atom. The molecule has 0 saturated carbocycles. The Morgan fingerprint density at radius 1 is 1.31 bits per heavy atom. The van der Waals surface area contributed by atoms with Crippen LogP contribution in [0.5, 0.6) is 0 Å². The average Bonchev–Trinajstić information content (AvgIpc) is 3.07. The van der Waals surface area contributed by atoms with Gasteiger partial charge < -0.3 is 19.6 Å². The smallest absolute Gasteiger partial charge is 0.263 e. The summed E-state index contributed by atoms with van der Waals surface area (Å²) in [6, 6.07) is 10.00. The zero-order chi connectivity index (χ0) is 20.5. The van der Waals surface area contributed by atoms with Crippen LogP contribution in [0.3, 0.4) is 0 Å². The number of aryl methyl sites for hydroxylation is 3. The molecule has 6 nitrogen and oxygen atoms in total. The Labute approximate surface area is 169 Å². The van der Waals surface area contributed by atoms with E-state index in [4.69, 9.17) is 4.74 Å². The molecule has 1 atom stereocenters. The van der Waals surface area contributed by atoms with Gasteiger partial charge in [0, 0.05) is 35.9 Å². The molecule has 0 fully saturated rings. The number of nitrogens with one attached hydrogen (secondary N) is 2. The van der Waals surface area contributed by atoms with Crippen LogP contribution in [0.1, 0.15) is 51.8 Å². The molecule has 1 aliphatic carbocycles. The fraction of sp³-hybridized carbons (Fsp3) is 0.391. The number of carbonyl (C=O) groups is 1. The number of nitrogens with zero attached hydrogens (tertiary/aromatic N) is 1. The summed E-state index contributed by atoms with van der Waals surface area (Å²) in [6.07, 6.45) is 2.86. The summed E-state index contributed by atoms with van der Waals surface area (Å²) in [5.41, 5.74) is 4.92. The van der Waals surface area contributed by atoms with Crippen molar-refractivity contribution in [3.05, 3.63) is 68.8 Å². The topological polar surface area (TPSA) is 76.1 Å². The summed E-state index contributed by atoms with van der Waals surface area (Å²) in [7, 11) is 1.60. The van der Waals surface area contributed by atoms with Crippen LogP contribution >= 0.6 is 0 Å².